The fourth-order valence-electron chi connectivity index (χ4n) is 1.27. The van der Waals surface area contributed by atoms with Crippen LogP contribution in [0.2, 0.25) is 0 Å². The third-order valence-corrected chi connectivity index (χ3v) is 1.97. The Morgan fingerprint density at radius 3 is 3.00 bits per heavy atom. The number of Topliss-reactive ketones (excluding diaryl/α,β-unsaturated/α-hetero) is 1. The minimum absolute atomic E-state index is 0. The minimum atomic E-state index is -0.769. The van der Waals surface area contributed by atoms with Crippen LogP contribution in [0.15, 0.2) is 0 Å². The Kier molecular flexibility index (Phi) is 7.07. The molecule has 1 N–H and O–H groups in total. The van der Waals surface area contributed by atoms with Crippen LogP contribution in [0.3, 0.4) is 0 Å². The van der Waals surface area contributed by atoms with E-state index in [1.165, 1.54) is 0 Å². The molecule has 6 heteroatoms. The fraction of sp³-hybridized carbons (Fsp3) is 0.778. The van der Waals surface area contributed by atoms with Crippen molar-refractivity contribution in [2.24, 2.45) is 0 Å². The van der Waals surface area contributed by atoms with Crippen LogP contribution in [0, 0.1) is 0 Å². The first-order valence-corrected chi connectivity index (χ1v) is 4.81. The first-order valence-electron chi connectivity index (χ1n) is 4.81. The Hall–Kier alpha value is -0.810. The van der Waals surface area contributed by atoms with Crippen LogP contribution >= 0.6 is 12.4 Å². The maximum absolute atomic E-state index is 11.4. The molecule has 0 amide bonds. The first-order chi connectivity index (χ1) is 6.74. The Labute approximate surface area is 94.9 Å². The van der Waals surface area contributed by atoms with Crippen LogP contribution in [0.25, 0.3) is 0 Å². The lowest BCUT2D eigenvalue weighted by molar-refractivity contribution is -0.127. The summed E-state index contributed by atoms with van der Waals surface area (Å²) in [6.45, 7) is 3.12. The number of halogens is 1. The molecule has 0 saturated carbocycles. The number of hydrogen-bond donors (Lipinski definition) is 1. The molecule has 5 nitrogen and oxygen atoms in total. The molecule has 1 fully saturated rings. The third-order valence-electron chi connectivity index (χ3n) is 1.97. The number of nitrogens with one attached hydrogen (secondary N) is 1. The molecule has 0 spiro atoms. The van der Waals surface area contributed by atoms with E-state index in [1.807, 2.05) is 0 Å². The van der Waals surface area contributed by atoms with E-state index >= 15 is 0 Å². The van der Waals surface area contributed by atoms with Crippen LogP contribution in [-0.2, 0) is 14.3 Å². The van der Waals surface area contributed by atoms with Gasteiger partial charge in [0.1, 0.15) is 0 Å². The second kappa shape index (κ2) is 7.48. The van der Waals surface area contributed by atoms with Gasteiger partial charge in [0.25, 0.3) is 0 Å². The van der Waals surface area contributed by atoms with Gasteiger partial charge < -0.3 is 14.8 Å². The summed E-state index contributed by atoms with van der Waals surface area (Å²) in [5.41, 5.74) is 0. The predicted molar refractivity (Wildman–Crippen MR) is 56.3 cm³/mol. The Balaban J connectivity index is 0.00000196. The summed E-state index contributed by atoms with van der Waals surface area (Å²) < 4.78 is 9.44. The number of rotatable bonds is 2. The highest BCUT2D eigenvalue weighted by atomic mass is 35.5. The summed E-state index contributed by atoms with van der Waals surface area (Å²) in [6.07, 6.45) is -0.204. The van der Waals surface area contributed by atoms with Crippen LogP contribution in [0.5, 0.6) is 0 Å². The first kappa shape index (κ1) is 14.2. The van der Waals surface area contributed by atoms with Crippen molar-refractivity contribution < 1.29 is 19.1 Å². The molecule has 1 atom stereocenters. The summed E-state index contributed by atoms with van der Waals surface area (Å²) in [7, 11) is 0. The normalized spacial score (nSPS) is 21.1. The van der Waals surface area contributed by atoms with E-state index in [9.17, 15) is 9.59 Å². The summed E-state index contributed by atoms with van der Waals surface area (Å²) >= 11 is 0. The minimum Gasteiger partial charge on any atom is -0.435 e. The molecule has 0 aromatic rings. The van der Waals surface area contributed by atoms with Gasteiger partial charge in [-0.2, -0.15) is 0 Å². The van der Waals surface area contributed by atoms with Crippen molar-refractivity contribution >= 4 is 24.3 Å². The summed E-state index contributed by atoms with van der Waals surface area (Å²) in [6, 6.07) is 0. The van der Waals surface area contributed by atoms with Crippen LogP contribution in [-0.4, -0.2) is 37.7 Å². The quantitative estimate of drug-likeness (QED) is 0.723. The number of ketones is 1. The van der Waals surface area contributed by atoms with Gasteiger partial charge in [-0.1, -0.05) is 0 Å². The lowest BCUT2D eigenvalue weighted by Gasteiger charge is -2.13. The number of carbonyl (C=O) groups is 2. The Morgan fingerprint density at radius 2 is 2.33 bits per heavy atom. The molecule has 1 saturated heterocycles. The molecule has 0 aliphatic carbocycles. The monoisotopic (exact) mass is 237 g/mol. The molecule has 0 aromatic heterocycles. The maximum Gasteiger partial charge on any atom is 0.509 e. The van der Waals surface area contributed by atoms with E-state index in [4.69, 9.17) is 4.74 Å². The zero-order chi connectivity index (χ0) is 10.4. The molecule has 1 heterocycles. The topological polar surface area (TPSA) is 64.6 Å². The Bertz CT molecular complexity index is 222. The van der Waals surface area contributed by atoms with E-state index < -0.39 is 12.3 Å². The van der Waals surface area contributed by atoms with Crippen molar-refractivity contribution in [1.82, 2.24) is 5.32 Å². The van der Waals surface area contributed by atoms with E-state index in [0.717, 1.165) is 13.0 Å². The highest BCUT2D eigenvalue weighted by molar-refractivity contribution is 5.85. The van der Waals surface area contributed by atoms with Crippen LogP contribution in [0.4, 0.5) is 4.79 Å². The lowest BCUT2D eigenvalue weighted by atomic mass is 10.1. The van der Waals surface area contributed by atoms with Crippen molar-refractivity contribution in [2.45, 2.75) is 25.9 Å². The van der Waals surface area contributed by atoms with E-state index in [0.29, 0.717) is 13.0 Å². The largest absolute Gasteiger partial charge is 0.509 e. The molecule has 1 aliphatic rings. The zero-order valence-electron chi connectivity index (χ0n) is 8.65. The van der Waals surface area contributed by atoms with E-state index in [2.05, 4.69) is 10.1 Å². The Morgan fingerprint density at radius 1 is 1.60 bits per heavy atom. The van der Waals surface area contributed by atoms with Gasteiger partial charge in [0.2, 0.25) is 0 Å². The van der Waals surface area contributed by atoms with Gasteiger partial charge in [-0.3, -0.25) is 4.79 Å². The summed E-state index contributed by atoms with van der Waals surface area (Å²) in [5, 5.41) is 3.02. The third kappa shape index (κ3) is 4.99. The zero-order valence-corrected chi connectivity index (χ0v) is 9.47. The van der Waals surface area contributed by atoms with E-state index in [1.54, 1.807) is 6.92 Å². The highest BCUT2D eigenvalue weighted by Gasteiger charge is 2.24. The average molecular weight is 238 g/mol. The van der Waals surface area contributed by atoms with Crippen molar-refractivity contribution in [1.29, 1.82) is 0 Å². The fourth-order valence-corrected chi connectivity index (χ4v) is 1.27. The molecule has 1 aliphatic heterocycles. The standard InChI is InChI=1S/C9H15NO4.ClH/c1-2-13-9(12)14-8-6-10-5-3-4-7(8)11;/h8,10H,2-6H2,1H3;1H. The van der Waals surface area contributed by atoms with Crippen molar-refractivity contribution in [3.05, 3.63) is 0 Å². The molecule has 1 unspecified atom stereocenters. The smallest absolute Gasteiger partial charge is 0.435 e. The second-order valence-corrected chi connectivity index (χ2v) is 3.06. The van der Waals surface area contributed by atoms with Gasteiger partial charge in [0.05, 0.1) is 6.61 Å². The molecular formula is C9H16ClNO4. The molecule has 88 valence electrons. The lowest BCUT2D eigenvalue weighted by Crippen LogP contribution is -2.34. The summed E-state index contributed by atoms with van der Waals surface area (Å²) in [4.78, 5) is 22.3. The molecule has 0 radical (unpaired) electrons. The average Bonchev–Trinajstić information content (AvgIpc) is 2.33. The van der Waals surface area contributed by atoms with Crippen molar-refractivity contribution in [3.8, 4) is 0 Å². The maximum atomic E-state index is 11.4. The van der Waals surface area contributed by atoms with Crippen LogP contribution in [0.1, 0.15) is 19.8 Å². The van der Waals surface area contributed by atoms with Gasteiger partial charge in [-0.05, 0) is 19.9 Å². The molecule has 1 rings (SSSR count). The molecular weight excluding hydrogens is 222 g/mol. The van der Waals surface area contributed by atoms with Crippen molar-refractivity contribution in [2.75, 3.05) is 19.7 Å². The molecule has 0 aromatic carbocycles. The van der Waals surface area contributed by atoms with Gasteiger partial charge in [0, 0.05) is 13.0 Å². The van der Waals surface area contributed by atoms with Gasteiger partial charge >= 0.3 is 6.16 Å². The van der Waals surface area contributed by atoms with Gasteiger partial charge in [0.15, 0.2) is 11.9 Å². The predicted octanol–water partition coefficient (Wildman–Crippen LogP) is 0.902. The molecule has 15 heavy (non-hydrogen) atoms. The van der Waals surface area contributed by atoms with E-state index in [-0.39, 0.29) is 24.8 Å². The van der Waals surface area contributed by atoms with Gasteiger partial charge in [-0.15, -0.1) is 12.4 Å². The SMILES string of the molecule is CCOC(=O)OC1CNCCCC1=O.Cl. The number of ether oxygens (including phenoxy) is 2. The van der Waals surface area contributed by atoms with Crippen LogP contribution < -0.4 is 5.32 Å². The number of hydrogen-bond acceptors (Lipinski definition) is 5. The highest BCUT2D eigenvalue weighted by Crippen LogP contribution is 2.05. The second-order valence-electron chi connectivity index (χ2n) is 3.06. The number of carbonyl (C=O) groups excluding carboxylic acids is 2. The summed E-state index contributed by atoms with van der Waals surface area (Å²) in [5.74, 6) is -0.0388. The van der Waals surface area contributed by atoms with Crippen molar-refractivity contribution in [3.63, 3.8) is 0 Å². The molecule has 0 bridgehead atoms. The van der Waals surface area contributed by atoms with Gasteiger partial charge in [-0.25, -0.2) is 4.79 Å².